The number of carbonyl (C=O) groups is 2. The van der Waals surface area contributed by atoms with Gasteiger partial charge in [0.25, 0.3) is 0 Å². The Morgan fingerprint density at radius 1 is 1.33 bits per heavy atom. The average Bonchev–Trinajstić information content (AvgIpc) is 2.89. The standard InChI is InChI=1S/C16H20N4O3S/c1-3-20(4-2)12-7-5-11(6-8-12)10-17-19-16-18-15(23)13(24-16)9-14(21)22/h5-8,10,13H,3-4,9H2,1-2H3,(H,21,22)(H,18,19,23). The number of thioether (sulfide) groups is 1. The second-order valence-corrected chi connectivity index (χ2v) is 6.30. The monoisotopic (exact) mass is 348 g/mol. The van der Waals surface area contributed by atoms with Gasteiger partial charge >= 0.3 is 5.97 Å². The van der Waals surface area contributed by atoms with Crippen LogP contribution in [0.15, 0.2) is 34.5 Å². The van der Waals surface area contributed by atoms with Crippen LogP contribution >= 0.6 is 11.8 Å². The van der Waals surface area contributed by atoms with Crippen LogP contribution in [0, 0.1) is 0 Å². The summed E-state index contributed by atoms with van der Waals surface area (Å²) in [5.41, 5.74) is 2.05. The molecule has 1 aliphatic rings. The second-order valence-electron chi connectivity index (χ2n) is 5.11. The maximum absolute atomic E-state index is 11.6. The van der Waals surface area contributed by atoms with E-state index in [1.165, 1.54) is 0 Å². The number of hydrogen-bond donors (Lipinski definition) is 2. The van der Waals surface area contributed by atoms with Crippen LogP contribution in [-0.4, -0.2) is 46.7 Å². The molecular formula is C16H20N4O3S. The predicted molar refractivity (Wildman–Crippen MR) is 96.8 cm³/mol. The molecule has 2 rings (SSSR count). The van der Waals surface area contributed by atoms with Gasteiger partial charge in [-0.05, 0) is 31.5 Å². The maximum atomic E-state index is 11.6. The fourth-order valence-electron chi connectivity index (χ4n) is 2.25. The largest absolute Gasteiger partial charge is 0.481 e. The van der Waals surface area contributed by atoms with Crippen LogP contribution in [0.2, 0.25) is 0 Å². The van der Waals surface area contributed by atoms with Crippen molar-refractivity contribution >= 4 is 40.7 Å². The number of amidine groups is 1. The van der Waals surface area contributed by atoms with Crippen molar-refractivity contribution in [1.29, 1.82) is 0 Å². The number of hydrogen-bond acceptors (Lipinski definition) is 6. The number of carbonyl (C=O) groups excluding carboxylic acids is 1. The molecule has 0 bridgehead atoms. The maximum Gasteiger partial charge on any atom is 0.305 e. The van der Waals surface area contributed by atoms with Crippen molar-refractivity contribution in [2.75, 3.05) is 18.0 Å². The molecule has 1 heterocycles. The van der Waals surface area contributed by atoms with Crippen molar-refractivity contribution in [2.45, 2.75) is 25.5 Å². The predicted octanol–water partition coefficient (Wildman–Crippen LogP) is 1.93. The fourth-order valence-corrected chi connectivity index (χ4v) is 3.17. The van der Waals surface area contributed by atoms with Crippen molar-refractivity contribution in [3.8, 4) is 0 Å². The number of carboxylic acids is 1. The number of amides is 1. The third-order valence-corrected chi connectivity index (χ3v) is 4.59. The first kappa shape index (κ1) is 18.0. The van der Waals surface area contributed by atoms with Gasteiger partial charge in [0.15, 0.2) is 5.17 Å². The van der Waals surface area contributed by atoms with E-state index in [9.17, 15) is 9.59 Å². The number of rotatable bonds is 7. The van der Waals surface area contributed by atoms with E-state index in [-0.39, 0.29) is 12.3 Å². The van der Waals surface area contributed by atoms with Gasteiger partial charge in [0, 0.05) is 18.8 Å². The van der Waals surface area contributed by atoms with Crippen molar-refractivity contribution < 1.29 is 14.7 Å². The first-order valence-corrected chi connectivity index (χ1v) is 8.56. The van der Waals surface area contributed by atoms with Gasteiger partial charge in [0.1, 0.15) is 5.25 Å². The van der Waals surface area contributed by atoms with Gasteiger partial charge in [-0.1, -0.05) is 23.9 Å². The molecule has 0 spiro atoms. The highest BCUT2D eigenvalue weighted by Gasteiger charge is 2.32. The Kier molecular flexibility index (Phi) is 6.36. The van der Waals surface area contributed by atoms with Crippen LogP contribution in [0.4, 0.5) is 5.69 Å². The summed E-state index contributed by atoms with van der Waals surface area (Å²) in [4.78, 5) is 24.5. The van der Waals surface area contributed by atoms with Gasteiger partial charge in [-0.25, -0.2) is 0 Å². The smallest absolute Gasteiger partial charge is 0.305 e. The molecular weight excluding hydrogens is 328 g/mol. The van der Waals surface area contributed by atoms with E-state index in [2.05, 4.69) is 34.3 Å². The minimum absolute atomic E-state index is 0.230. The highest BCUT2D eigenvalue weighted by Crippen LogP contribution is 2.22. The molecule has 1 aromatic carbocycles. The fraction of sp³-hybridized carbons (Fsp3) is 0.375. The lowest BCUT2D eigenvalue weighted by molar-refractivity contribution is -0.138. The number of carboxylic acid groups (broad SMARTS) is 1. The first-order chi connectivity index (χ1) is 11.5. The molecule has 1 fully saturated rings. The summed E-state index contributed by atoms with van der Waals surface area (Å²) >= 11 is 1.08. The Labute approximate surface area is 144 Å². The molecule has 8 heteroatoms. The van der Waals surface area contributed by atoms with E-state index in [0.29, 0.717) is 5.17 Å². The highest BCUT2D eigenvalue weighted by molar-refractivity contribution is 8.15. The number of nitrogens with zero attached hydrogens (tertiary/aromatic N) is 3. The number of nitrogens with one attached hydrogen (secondary N) is 1. The molecule has 1 aromatic rings. The summed E-state index contributed by atoms with van der Waals surface area (Å²) in [6.45, 7) is 6.12. The van der Waals surface area contributed by atoms with Gasteiger partial charge in [0.2, 0.25) is 5.91 Å². The van der Waals surface area contributed by atoms with Crippen molar-refractivity contribution in [2.24, 2.45) is 10.2 Å². The summed E-state index contributed by atoms with van der Waals surface area (Å²) in [5, 5.41) is 18.8. The number of benzene rings is 1. The van der Waals surface area contributed by atoms with E-state index in [4.69, 9.17) is 5.11 Å². The molecule has 128 valence electrons. The van der Waals surface area contributed by atoms with E-state index >= 15 is 0 Å². The lowest BCUT2D eigenvalue weighted by Crippen LogP contribution is -2.26. The zero-order valence-corrected chi connectivity index (χ0v) is 14.4. The van der Waals surface area contributed by atoms with Gasteiger partial charge < -0.3 is 15.3 Å². The summed E-state index contributed by atoms with van der Waals surface area (Å²) < 4.78 is 0. The van der Waals surface area contributed by atoms with E-state index in [0.717, 1.165) is 36.1 Å². The Balaban J connectivity index is 1.96. The lowest BCUT2D eigenvalue weighted by atomic mass is 10.2. The SMILES string of the molecule is CCN(CC)c1ccc(C=NN=C2NC(=O)C(CC(=O)O)S2)cc1. The molecule has 24 heavy (non-hydrogen) atoms. The zero-order valence-electron chi connectivity index (χ0n) is 13.6. The van der Waals surface area contributed by atoms with Crippen molar-refractivity contribution in [1.82, 2.24) is 5.32 Å². The van der Waals surface area contributed by atoms with Crippen LogP contribution in [0.25, 0.3) is 0 Å². The molecule has 7 nitrogen and oxygen atoms in total. The van der Waals surface area contributed by atoms with E-state index < -0.39 is 11.2 Å². The minimum Gasteiger partial charge on any atom is -0.481 e. The minimum atomic E-state index is -1.01. The third-order valence-electron chi connectivity index (χ3n) is 3.51. The quantitative estimate of drug-likeness (QED) is 0.580. The van der Waals surface area contributed by atoms with Gasteiger partial charge in [0.05, 0.1) is 12.6 Å². The number of aliphatic carboxylic acids is 1. The molecule has 1 atom stereocenters. The topological polar surface area (TPSA) is 94.4 Å². The van der Waals surface area contributed by atoms with Crippen LogP contribution < -0.4 is 10.2 Å². The van der Waals surface area contributed by atoms with Gasteiger partial charge in [-0.15, -0.1) is 5.10 Å². The highest BCUT2D eigenvalue weighted by atomic mass is 32.2. The van der Waals surface area contributed by atoms with Crippen LogP contribution in [-0.2, 0) is 9.59 Å². The summed E-state index contributed by atoms with van der Waals surface area (Å²) in [7, 11) is 0. The second kappa shape index (κ2) is 8.49. The van der Waals surface area contributed by atoms with E-state index in [1.54, 1.807) is 6.21 Å². The van der Waals surface area contributed by atoms with Gasteiger partial charge in [-0.3, -0.25) is 9.59 Å². The molecule has 2 N–H and O–H groups in total. The molecule has 0 aliphatic carbocycles. The Morgan fingerprint density at radius 2 is 2.00 bits per heavy atom. The molecule has 1 amide bonds. The summed E-state index contributed by atoms with van der Waals surface area (Å²) in [6.07, 6.45) is 1.36. The molecule has 0 saturated carbocycles. The molecule has 1 saturated heterocycles. The molecule has 1 unspecified atom stereocenters. The average molecular weight is 348 g/mol. The lowest BCUT2D eigenvalue weighted by Gasteiger charge is -2.20. The Hall–Kier alpha value is -2.35. The Morgan fingerprint density at radius 3 is 2.58 bits per heavy atom. The molecule has 0 aromatic heterocycles. The number of anilines is 1. The molecule has 1 aliphatic heterocycles. The van der Waals surface area contributed by atoms with Crippen LogP contribution in [0.5, 0.6) is 0 Å². The van der Waals surface area contributed by atoms with Crippen LogP contribution in [0.3, 0.4) is 0 Å². The zero-order chi connectivity index (χ0) is 17.5. The van der Waals surface area contributed by atoms with Gasteiger partial charge in [-0.2, -0.15) is 5.10 Å². The summed E-state index contributed by atoms with van der Waals surface area (Å²) in [5.74, 6) is -1.36. The van der Waals surface area contributed by atoms with Crippen molar-refractivity contribution in [3.05, 3.63) is 29.8 Å². The molecule has 0 radical (unpaired) electrons. The van der Waals surface area contributed by atoms with Crippen molar-refractivity contribution in [3.63, 3.8) is 0 Å². The van der Waals surface area contributed by atoms with Crippen LogP contribution in [0.1, 0.15) is 25.8 Å². The normalized spacial score (nSPS) is 19.0. The first-order valence-electron chi connectivity index (χ1n) is 7.68. The van der Waals surface area contributed by atoms with E-state index in [1.807, 2.05) is 24.3 Å². The summed E-state index contributed by atoms with van der Waals surface area (Å²) in [6, 6.07) is 7.95. The Bertz CT molecular complexity index is 654. The third kappa shape index (κ3) is 4.82.